The fourth-order valence-electron chi connectivity index (χ4n) is 6.83. The third-order valence-electron chi connectivity index (χ3n) is 8.97. The third-order valence-corrected chi connectivity index (χ3v) is 10.2. The van der Waals surface area contributed by atoms with Gasteiger partial charge < -0.3 is 20.3 Å². The van der Waals surface area contributed by atoms with Gasteiger partial charge in [-0.1, -0.05) is 29.5 Å². The molecule has 0 aliphatic carbocycles. The van der Waals surface area contributed by atoms with Gasteiger partial charge in [0.1, 0.15) is 23.8 Å². The summed E-state index contributed by atoms with van der Waals surface area (Å²) in [6.45, 7) is 7.95. The Kier molecular flexibility index (Phi) is 7.10. The van der Waals surface area contributed by atoms with Gasteiger partial charge in [-0.05, 0) is 63.0 Å². The van der Waals surface area contributed by atoms with Gasteiger partial charge in [0, 0.05) is 42.7 Å². The Hall–Kier alpha value is -3.61. The predicted molar refractivity (Wildman–Crippen MR) is 165 cm³/mol. The summed E-state index contributed by atoms with van der Waals surface area (Å²) in [5.41, 5.74) is 6.49. The molecule has 2 N–H and O–H groups in total. The molecule has 1 amide bonds. The number of aromatic nitrogens is 3. The second kappa shape index (κ2) is 10.8. The molecule has 9 nitrogen and oxygen atoms in total. The van der Waals surface area contributed by atoms with E-state index in [1.807, 2.05) is 4.90 Å². The number of thiazole rings is 1. The maximum absolute atomic E-state index is 16.7. The summed E-state index contributed by atoms with van der Waals surface area (Å²) in [7, 11) is 0. The topological polar surface area (TPSA) is 101 Å². The molecule has 224 valence electrons. The lowest BCUT2D eigenvalue weighted by molar-refractivity contribution is -0.126. The normalized spacial score (nSPS) is 18.5. The molecule has 13 heteroatoms. The first-order valence-corrected chi connectivity index (χ1v) is 15.6. The first-order chi connectivity index (χ1) is 20.8. The third kappa shape index (κ3) is 4.76. The van der Waals surface area contributed by atoms with Gasteiger partial charge >= 0.3 is 6.01 Å². The van der Waals surface area contributed by atoms with Crippen molar-refractivity contribution >= 4 is 60.9 Å². The Labute approximate surface area is 255 Å². The number of fused-ring (bicyclic) bond motifs is 3. The van der Waals surface area contributed by atoms with Crippen molar-refractivity contribution in [2.75, 3.05) is 56.5 Å². The summed E-state index contributed by atoms with van der Waals surface area (Å²) >= 11 is 7.76. The van der Waals surface area contributed by atoms with E-state index >= 15 is 4.39 Å². The number of carbonyl (C=O) groups is 1. The molecule has 0 radical (unpaired) electrons. The molecule has 0 bridgehead atoms. The van der Waals surface area contributed by atoms with E-state index in [2.05, 4.69) is 21.4 Å². The van der Waals surface area contributed by atoms with Crippen LogP contribution in [0.2, 0.25) is 5.02 Å². The summed E-state index contributed by atoms with van der Waals surface area (Å²) in [4.78, 5) is 32.0. The number of carbonyl (C=O) groups excluding carboxylic acids is 1. The van der Waals surface area contributed by atoms with Crippen LogP contribution >= 0.6 is 22.9 Å². The van der Waals surface area contributed by atoms with Gasteiger partial charge in [0.25, 0.3) is 0 Å². The zero-order valence-corrected chi connectivity index (χ0v) is 25.0. The highest BCUT2D eigenvalue weighted by molar-refractivity contribution is 7.22. The second-order valence-electron chi connectivity index (χ2n) is 11.3. The first kappa shape index (κ1) is 28.2. The fraction of sp³-hybridized carbons (Fsp3) is 0.400. The number of hydrogen-bond acceptors (Lipinski definition) is 9. The average Bonchev–Trinajstić information content (AvgIpc) is 3.71. The van der Waals surface area contributed by atoms with Gasteiger partial charge in [0.2, 0.25) is 5.91 Å². The summed E-state index contributed by atoms with van der Waals surface area (Å²) in [6.07, 6.45) is 5.61. The van der Waals surface area contributed by atoms with Gasteiger partial charge in [-0.15, -0.1) is 0 Å². The summed E-state index contributed by atoms with van der Waals surface area (Å²) in [6, 6.07) is 4.42. The van der Waals surface area contributed by atoms with Crippen molar-refractivity contribution in [2.24, 2.45) is 0 Å². The molecule has 0 spiro atoms. The van der Waals surface area contributed by atoms with Crippen molar-refractivity contribution in [2.45, 2.75) is 31.2 Å². The highest BCUT2D eigenvalue weighted by atomic mass is 35.5. The van der Waals surface area contributed by atoms with Gasteiger partial charge in [-0.2, -0.15) is 9.97 Å². The zero-order valence-electron chi connectivity index (χ0n) is 23.4. The summed E-state index contributed by atoms with van der Waals surface area (Å²) < 4.78 is 37.8. The number of amides is 1. The number of nitrogen functional groups attached to an aromatic ring is 1. The maximum Gasteiger partial charge on any atom is 0.319 e. The van der Waals surface area contributed by atoms with Crippen molar-refractivity contribution in [3.63, 3.8) is 0 Å². The highest BCUT2D eigenvalue weighted by Gasteiger charge is 2.45. The molecule has 2 aromatic carbocycles. The number of nitrogens with two attached hydrogens (primary N) is 1. The van der Waals surface area contributed by atoms with Crippen LogP contribution in [0.15, 0.2) is 30.9 Å². The number of nitrogens with zero attached hydrogens (tertiary/aromatic N) is 6. The quantitative estimate of drug-likeness (QED) is 0.290. The van der Waals surface area contributed by atoms with Gasteiger partial charge in [-0.25, -0.2) is 13.8 Å². The monoisotopic (exact) mass is 625 g/mol. The lowest BCUT2D eigenvalue weighted by atomic mass is 9.95. The van der Waals surface area contributed by atoms with Crippen LogP contribution in [-0.4, -0.2) is 82.1 Å². The van der Waals surface area contributed by atoms with Gasteiger partial charge in [0.05, 0.1) is 20.8 Å². The van der Waals surface area contributed by atoms with Gasteiger partial charge in [-0.3, -0.25) is 9.69 Å². The Balaban J connectivity index is 1.34. The predicted octanol–water partition coefficient (Wildman–Crippen LogP) is 5.26. The van der Waals surface area contributed by atoms with Crippen LogP contribution in [-0.2, 0) is 4.79 Å². The standard InChI is InChI=1S/C30H30ClF2N7O2S/c1-2-21(41)38-11-13-39(14-12-38)27-18-15-19(31)22(17-5-6-20(32)26-25(17)35-28(34)43-26)23(33)24(18)36-29(37-27)42-16-30-7-3-9-40(30)10-4-8-30/h2,5-6,15H,1,3-4,7-14,16H2,(H2,34,35). The van der Waals surface area contributed by atoms with E-state index in [1.165, 1.54) is 18.2 Å². The highest BCUT2D eigenvalue weighted by Crippen LogP contribution is 2.43. The Bertz CT molecular complexity index is 1770. The Morgan fingerprint density at radius 3 is 2.56 bits per heavy atom. The van der Waals surface area contributed by atoms with E-state index in [9.17, 15) is 9.18 Å². The van der Waals surface area contributed by atoms with E-state index in [-0.39, 0.29) is 48.9 Å². The smallest absolute Gasteiger partial charge is 0.319 e. The van der Waals surface area contributed by atoms with Crippen LogP contribution in [0.3, 0.4) is 0 Å². The number of hydrogen-bond donors (Lipinski definition) is 1. The molecule has 3 fully saturated rings. The minimum absolute atomic E-state index is 0.0388. The molecule has 2 aromatic heterocycles. The SMILES string of the molecule is C=CC(=O)N1CCN(c2nc(OCC34CCCN3CCC4)nc3c(F)c(-c4ccc(F)c5sc(N)nc45)c(Cl)cc23)CC1. The van der Waals surface area contributed by atoms with E-state index in [4.69, 9.17) is 27.1 Å². The zero-order chi connectivity index (χ0) is 29.9. The average molecular weight is 626 g/mol. The van der Waals surface area contributed by atoms with Gasteiger partial charge in [0.15, 0.2) is 10.9 Å². The molecule has 0 atom stereocenters. The molecule has 0 unspecified atom stereocenters. The number of piperazine rings is 1. The minimum atomic E-state index is -0.683. The molecule has 0 saturated carbocycles. The Morgan fingerprint density at radius 2 is 1.84 bits per heavy atom. The van der Waals surface area contributed by atoms with E-state index < -0.39 is 11.6 Å². The maximum atomic E-state index is 16.7. The largest absolute Gasteiger partial charge is 0.461 e. The minimum Gasteiger partial charge on any atom is -0.461 e. The number of rotatable bonds is 6. The van der Waals surface area contributed by atoms with Crippen LogP contribution in [0.1, 0.15) is 25.7 Å². The molecule has 5 heterocycles. The molecule has 3 aliphatic rings. The van der Waals surface area contributed by atoms with Crippen LogP contribution in [0.25, 0.3) is 32.2 Å². The molecule has 3 saturated heterocycles. The van der Waals surface area contributed by atoms with Crippen LogP contribution in [0, 0.1) is 11.6 Å². The van der Waals surface area contributed by atoms with E-state index in [0.29, 0.717) is 49.6 Å². The molecular weight excluding hydrogens is 596 g/mol. The summed E-state index contributed by atoms with van der Waals surface area (Å²) in [5, 5.41) is 0.690. The van der Waals surface area contributed by atoms with Crippen LogP contribution in [0.4, 0.5) is 19.7 Å². The van der Waals surface area contributed by atoms with Crippen molar-refractivity contribution < 1.29 is 18.3 Å². The van der Waals surface area contributed by atoms with E-state index in [1.54, 1.807) is 11.0 Å². The molecule has 7 rings (SSSR count). The Morgan fingerprint density at radius 1 is 1.09 bits per heavy atom. The van der Waals surface area contributed by atoms with Crippen LogP contribution in [0.5, 0.6) is 6.01 Å². The number of halogens is 3. The number of benzene rings is 2. The fourth-order valence-corrected chi connectivity index (χ4v) is 7.89. The van der Waals surface area contributed by atoms with Crippen molar-refractivity contribution in [1.29, 1.82) is 0 Å². The number of anilines is 2. The molecular formula is C30H30ClF2N7O2S. The van der Waals surface area contributed by atoms with Crippen LogP contribution < -0.4 is 15.4 Å². The van der Waals surface area contributed by atoms with E-state index in [0.717, 1.165) is 50.1 Å². The van der Waals surface area contributed by atoms with Crippen molar-refractivity contribution in [3.05, 3.63) is 47.5 Å². The first-order valence-electron chi connectivity index (χ1n) is 14.4. The second-order valence-corrected chi connectivity index (χ2v) is 12.8. The van der Waals surface area contributed by atoms with Crippen molar-refractivity contribution in [3.8, 4) is 17.1 Å². The number of ether oxygens (including phenoxy) is 1. The van der Waals surface area contributed by atoms with Crippen molar-refractivity contribution in [1.82, 2.24) is 24.8 Å². The molecule has 3 aliphatic heterocycles. The lowest BCUT2D eigenvalue weighted by Crippen LogP contribution is -2.48. The lowest BCUT2D eigenvalue weighted by Gasteiger charge is -2.35. The molecule has 4 aromatic rings. The summed E-state index contributed by atoms with van der Waals surface area (Å²) in [5.74, 6) is -0.836. The molecule has 43 heavy (non-hydrogen) atoms.